The van der Waals surface area contributed by atoms with E-state index in [4.69, 9.17) is 4.42 Å². The second-order valence-electron chi connectivity index (χ2n) is 4.62. The maximum Gasteiger partial charge on any atom is 0.273 e. The van der Waals surface area contributed by atoms with E-state index in [0.717, 1.165) is 11.6 Å². The highest BCUT2D eigenvalue weighted by molar-refractivity contribution is 5.97. The Balaban J connectivity index is 2.19. The molecular weight excluding hydrogens is 276 g/mol. The number of rotatable bonds is 4. The molecule has 0 radical (unpaired) electrons. The molecule has 1 aromatic carbocycles. The van der Waals surface area contributed by atoms with E-state index in [0.29, 0.717) is 12.3 Å². The lowest BCUT2D eigenvalue weighted by Gasteiger charge is -2.17. The molecule has 1 N–H and O–H groups in total. The summed E-state index contributed by atoms with van der Waals surface area (Å²) in [5, 5.41) is 20.4. The lowest BCUT2D eigenvalue weighted by atomic mass is 10.1. The fourth-order valence-corrected chi connectivity index (χ4v) is 1.92. The largest absolute Gasteiger partial charge is 0.507 e. The van der Waals surface area contributed by atoms with Crippen LogP contribution < -0.4 is 0 Å². The minimum Gasteiger partial charge on any atom is -0.507 e. The molecule has 1 heterocycles. The molecule has 0 fully saturated rings. The maximum absolute atomic E-state index is 12.2. The Labute approximate surface area is 120 Å². The quantitative estimate of drug-likeness (QED) is 0.689. The number of benzene rings is 1. The summed E-state index contributed by atoms with van der Waals surface area (Å²) in [7, 11) is 1.58. The second kappa shape index (κ2) is 5.66. The van der Waals surface area contributed by atoms with Gasteiger partial charge >= 0.3 is 0 Å². The lowest BCUT2D eigenvalue weighted by molar-refractivity contribution is -0.384. The third-order valence-corrected chi connectivity index (χ3v) is 3.14. The Morgan fingerprint density at radius 3 is 2.67 bits per heavy atom. The van der Waals surface area contributed by atoms with Gasteiger partial charge in [0.05, 0.1) is 22.8 Å². The summed E-state index contributed by atoms with van der Waals surface area (Å²) in [6, 6.07) is 5.15. The third kappa shape index (κ3) is 3.02. The van der Waals surface area contributed by atoms with Crippen LogP contribution in [0, 0.1) is 17.0 Å². The summed E-state index contributed by atoms with van der Waals surface area (Å²) in [5.74, 6) is -0.129. The Kier molecular flexibility index (Phi) is 3.93. The van der Waals surface area contributed by atoms with Gasteiger partial charge in [-0.05, 0) is 19.1 Å². The SMILES string of the molecule is Cc1occc1CN(C)C(=O)c1ccc([N+](=O)[O-])cc1O. The minimum absolute atomic E-state index is 0.0178. The van der Waals surface area contributed by atoms with E-state index in [1.54, 1.807) is 20.0 Å². The molecule has 0 bridgehead atoms. The molecule has 1 aromatic heterocycles. The molecule has 0 aliphatic carbocycles. The summed E-state index contributed by atoms with van der Waals surface area (Å²) in [4.78, 5) is 23.6. The number of non-ortho nitro benzene ring substituents is 1. The van der Waals surface area contributed by atoms with Crippen LogP contribution >= 0.6 is 0 Å². The van der Waals surface area contributed by atoms with Crippen LogP contribution in [0.5, 0.6) is 5.75 Å². The second-order valence-corrected chi connectivity index (χ2v) is 4.62. The molecule has 110 valence electrons. The van der Waals surface area contributed by atoms with Crippen molar-refractivity contribution in [1.29, 1.82) is 0 Å². The topological polar surface area (TPSA) is 96.8 Å². The van der Waals surface area contributed by atoms with Crippen LogP contribution in [0.25, 0.3) is 0 Å². The number of nitro groups is 1. The highest BCUT2D eigenvalue weighted by Gasteiger charge is 2.19. The van der Waals surface area contributed by atoms with E-state index in [1.165, 1.54) is 23.3 Å². The average Bonchev–Trinajstić information content (AvgIpc) is 2.83. The smallest absolute Gasteiger partial charge is 0.273 e. The number of carbonyl (C=O) groups excluding carboxylic acids is 1. The molecular formula is C14H14N2O5. The zero-order valence-corrected chi connectivity index (χ0v) is 11.6. The van der Waals surface area contributed by atoms with Gasteiger partial charge in [0.15, 0.2) is 0 Å². The molecule has 2 rings (SSSR count). The zero-order valence-electron chi connectivity index (χ0n) is 11.6. The first-order valence-electron chi connectivity index (χ1n) is 6.16. The summed E-state index contributed by atoms with van der Waals surface area (Å²) >= 11 is 0. The van der Waals surface area contributed by atoms with Gasteiger partial charge in [-0.3, -0.25) is 14.9 Å². The number of furan rings is 1. The van der Waals surface area contributed by atoms with Crippen molar-refractivity contribution in [3.63, 3.8) is 0 Å². The Morgan fingerprint density at radius 2 is 2.14 bits per heavy atom. The molecule has 1 amide bonds. The molecule has 0 aliphatic heterocycles. The average molecular weight is 290 g/mol. The van der Waals surface area contributed by atoms with Gasteiger partial charge in [0.2, 0.25) is 0 Å². The fraction of sp³-hybridized carbons (Fsp3) is 0.214. The Hall–Kier alpha value is -2.83. The first-order chi connectivity index (χ1) is 9.90. The molecule has 2 aromatic rings. The number of amides is 1. The van der Waals surface area contributed by atoms with Gasteiger partial charge in [0.1, 0.15) is 11.5 Å². The molecule has 0 atom stereocenters. The molecule has 0 unspecified atom stereocenters. The van der Waals surface area contributed by atoms with Crippen molar-refractivity contribution in [2.24, 2.45) is 0 Å². The van der Waals surface area contributed by atoms with Crippen LogP contribution in [0.15, 0.2) is 34.9 Å². The van der Waals surface area contributed by atoms with E-state index >= 15 is 0 Å². The van der Waals surface area contributed by atoms with Crippen molar-refractivity contribution >= 4 is 11.6 Å². The molecule has 7 heteroatoms. The first kappa shape index (κ1) is 14.6. The van der Waals surface area contributed by atoms with Crippen molar-refractivity contribution in [2.45, 2.75) is 13.5 Å². The Bertz CT molecular complexity index is 692. The van der Waals surface area contributed by atoms with Gasteiger partial charge < -0.3 is 14.4 Å². The van der Waals surface area contributed by atoms with Crippen molar-refractivity contribution in [3.05, 3.63) is 57.5 Å². The van der Waals surface area contributed by atoms with Crippen molar-refractivity contribution < 1.29 is 19.2 Å². The molecule has 7 nitrogen and oxygen atoms in total. The predicted molar refractivity (Wildman–Crippen MR) is 74.0 cm³/mol. The van der Waals surface area contributed by atoms with E-state index in [2.05, 4.69) is 0 Å². The summed E-state index contributed by atoms with van der Waals surface area (Å²) < 4.78 is 5.15. The summed E-state index contributed by atoms with van der Waals surface area (Å²) in [5.41, 5.74) is 0.605. The molecule has 0 saturated carbocycles. The summed E-state index contributed by atoms with van der Waals surface area (Å²) in [6.07, 6.45) is 1.53. The highest BCUT2D eigenvalue weighted by atomic mass is 16.6. The number of carbonyl (C=O) groups is 1. The monoisotopic (exact) mass is 290 g/mol. The number of hydrogen-bond acceptors (Lipinski definition) is 5. The van der Waals surface area contributed by atoms with Gasteiger partial charge in [0, 0.05) is 25.2 Å². The first-order valence-corrected chi connectivity index (χ1v) is 6.16. The normalized spacial score (nSPS) is 10.4. The van der Waals surface area contributed by atoms with E-state index in [-0.39, 0.29) is 11.3 Å². The molecule has 0 spiro atoms. The molecule has 0 saturated heterocycles. The summed E-state index contributed by atoms with van der Waals surface area (Å²) in [6.45, 7) is 2.11. The van der Waals surface area contributed by atoms with Crippen molar-refractivity contribution in [3.8, 4) is 5.75 Å². The number of aromatic hydroxyl groups is 1. The van der Waals surface area contributed by atoms with Gasteiger partial charge in [-0.25, -0.2) is 0 Å². The van der Waals surface area contributed by atoms with Crippen LogP contribution in [0.3, 0.4) is 0 Å². The minimum atomic E-state index is -0.632. The number of nitrogens with zero attached hydrogens (tertiary/aromatic N) is 2. The van der Waals surface area contributed by atoms with Gasteiger partial charge in [-0.2, -0.15) is 0 Å². The number of aryl methyl sites for hydroxylation is 1. The van der Waals surface area contributed by atoms with E-state index < -0.39 is 16.6 Å². The number of hydrogen-bond donors (Lipinski definition) is 1. The molecule has 21 heavy (non-hydrogen) atoms. The third-order valence-electron chi connectivity index (χ3n) is 3.14. The number of nitro benzene ring substituents is 1. The number of phenolic OH excluding ortho intramolecular Hbond substituents is 1. The van der Waals surface area contributed by atoms with E-state index in [9.17, 15) is 20.0 Å². The van der Waals surface area contributed by atoms with Crippen molar-refractivity contribution in [2.75, 3.05) is 7.05 Å². The zero-order chi connectivity index (χ0) is 15.6. The fourth-order valence-electron chi connectivity index (χ4n) is 1.92. The van der Waals surface area contributed by atoms with Crippen LogP contribution in [0.1, 0.15) is 21.7 Å². The van der Waals surface area contributed by atoms with Crippen LogP contribution in [-0.2, 0) is 6.54 Å². The van der Waals surface area contributed by atoms with Gasteiger partial charge in [-0.1, -0.05) is 0 Å². The van der Waals surface area contributed by atoms with Gasteiger partial charge in [-0.15, -0.1) is 0 Å². The maximum atomic E-state index is 12.2. The Morgan fingerprint density at radius 1 is 1.43 bits per heavy atom. The van der Waals surface area contributed by atoms with Gasteiger partial charge in [0.25, 0.3) is 11.6 Å². The lowest BCUT2D eigenvalue weighted by Crippen LogP contribution is -2.26. The molecule has 0 aliphatic rings. The van der Waals surface area contributed by atoms with Crippen LogP contribution in [0.2, 0.25) is 0 Å². The number of phenols is 1. The van der Waals surface area contributed by atoms with Crippen LogP contribution in [0.4, 0.5) is 5.69 Å². The highest BCUT2D eigenvalue weighted by Crippen LogP contribution is 2.25. The van der Waals surface area contributed by atoms with E-state index in [1.807, 2.05) is 0 Å². The van der Waals surface area contributed by atoms with Crippen LogP contribution in [-0.4, -0.2) is 27.9 Å². The standard InChI is InChI=1S/C14H14N2O5/c1-9-10(5-6-21-9)8-15(2)14(18)12-4-3-11(16(19)20)7-13(12)17/h3-7,17H,8H2,1-2H3. The van der Waals surface area contributed by atoms with Crippen molar-refractivity contribution in [1.82, 2.24) is 4.90 Å². The predicted octanol–water partition coefficient (Wildman–Crippen LogP) is 2.47.